The molecule has 1 aromatic heterocycles. The third-order valence-electron chi connectivity index (χ3n) is 6.52. The van der Waals surface area contributed by atoms with Gasteiger partial charge in [-0.2, -0.15) is 5.10 Å². The largest absolute Gasteiger partial charge is 0.378 e. The number of aromatic nitrogens is 2. The molecule has 0 unspecified atom stereocenters. The van der Waals surface area contributed by atoms with Crippen LogP contribution in [0.3, 0.4) is 0 Å². The zero-order valence-corrected chi connectivity index (χ0v) is 19.7. The molecule has 2 fully saturated rings. The molecule has 0 bridgehead atoms. The maximum absolute atomic E-state index is 13.6. The molecule has 7 nitrogen and oxygen atoms in total. The third kappa shape index (κ3) is 4.72. The lowest BCUT2D eigenvalue weighted by Gasteiger charge is -2.35. The Kier molecular flexibility index (Phi) is 6.65. The Bertz CT molecular complexity index is 1150. The second kappa shape index (κ2) is 9.99. The van der Waals surface area contributed by atoms with Gasteiger partial charge in [0.25, 0.3) is 5.91 Å². The van der Waals surface area contributed by atoms with Crippen LogP contribution in [-0.4, -0.2) is 70.8 Å². The summed E-state index contributed by atoms with van der Waals surface area (Å²) in [5.74, 6) is 0.0781. The molecule has 2 aromatic carbocycles. The lowest BCUT2D eigenvalue weighted by Crippen LogP contribution is -2.47. The molecule has 0 radical (unpaired) electrons. The maximum Gasteiger partial charge on any atom is 0.272 e. The minimum atomic E-state index is -0.0751. The van der Waals surface area contributed by atoms with Gasteiger partial charge < -0.3 is 14.5 Å². The average molecular weight is 479 g/mol. The fraction of sp³-hybridized carbons (Fsp3) is 0.346. The van der Waals surface area contributed by atoms with E-state index in [0.29, 0.717) is 68.6 Å². The molecule has 176 valence electrons. The van der Waals surface area contributed by atoms with E-state index < -0.39 is 0 Å². The number of para-hydroxylation sites is 1. The maximum atomic E-state index is 13.6. The van der Waals surface area contributed by atoms with Crippen molar-refractivity contribution >= 4 is 23.4 Å². The van der Waals surface area contributed by atoms with Crippen molar-refractivity contribution in [1.29, 1.82) is 0 Å². The molecule has 3 aromatic rings. The van der Waals surface area contributed by atoms with Gasteiger partial charge >= 0.3 is 0 Å². The number of hydrogen-bond acceptors (Lipinski definition) is 4. The molecule has 8 heteroatoms. The predicted molar refractivity (Wildman–Crippen MR) is 130 cm³/mol. The summed E-state index contributed by atoms with van der Waals surface area (Å²) in [6, 6.07) is 18.9. The van der Waals surface area contributed by atoms with Crippen LogP contribution in [0, 0.1) is 5.92 Å². The molecule has 2 aliphatic rings. The quantitative estimate of drug-likeness (QED) is 0.570. The van der Waals surface area contributed by atoms with Gasteiger partial charge in [-0.15, -0.1) is 0 Å². The van der Waals surface area contributed by atoms with Gasteiger partial charge in [-0.1, -0.05) is 41.9 Å². The topological polar surface area (TPSA) is 67.7 Å². The van der Waals surface area contributed by atoms with Crippen LogP contribution in [0.5, 0.6) is 0 Å². The van der Waals surface area contributed by atoms with Crippen LogP contribution < -0.4 is 0 Å². The average Bonchev–Trinajstić information content (AvgIpc) is 3.35. The molecule has 0 saturated carbocycles. The second-order valence-electron chi connectivity index (χ2n) is 8.67. The van der Waals surface area contributed by atoms with Gasteiger partial charge in [0.05, 0.1) is 24.6 Å². The number of rotatable bonds is 4. The van der Waals surface area contributed by atoms with E-state index in [2.05, 4.69) is 0 Å². The Morgan fingerprint density at radius 3 is 2.24 bits per heavy atom. The molecular formula is C26H27ClN4O3. The molecule has 0 N–H and O–H groups in total. The standard InChI is InChI=1S/C26H27ClN4O3/c27-21-8-6-19(7-9-21)23-18-24(31(28-23)22-4-2-1-3-5-22)26(33)29-12-10-20(11-13-29)25(32)30-14-16-34-17-15-30/h1-9,18,20H,10-17H2. The minimum Gasteiger partial charge on any atom is -0.378 e. The molecule has 2 amide bonds. The van der Waals surface area contributed by atoms with Crippen molar-refractivity contribution in [1.82, 2.24) is 19.6 Å². The van der Waals surface area contributed by atoms with Crippen molar-refractivity contribution in [2.75, 3.05) is 39.4 Å². The van der Waals surface area contributed by atoms with Crippen molar-refractivity contribution < 1.29 is 14.3 Å². The van der Waals surface area contributed by atoms with Gasteiger partial charge in [0, 0.05) is 42.7 Å². The Morgan fingerprint density at radius 1 is 0.882 bits per heavy atom. The summed E-state index contributed by atoms with van der Waals surface area (Å²) in [4.78, 5) is 30.2. The number of nitrogens with zero attached hydrogens (tertiary/aromatic N) is 4. The van der Waals surface area contributed by atoms with E-state index in [4.69, 9.17) is 21.4 Å². The van der Waals surface area contributed by atoms with E-state index in [1.165, 1.54) is 0 Å². The van der Waals surface area contributed by atoms with Gasteiger partial charge in [0.2, 0.25) is 5.91 Å². The first-order valence-electron chi connectivity index (χ1n) is 11.7. The highest BCUT2D eigenvalue weighted by Crippen LogP contribution is 2.26. The number of carbonyl (C=O) groups excluding carboxylic acids is 2. The molecule has 2 aliphatic heterocycles. The molecule has 34 heavy (non-hydrogen) atoms. The van der Waals surface area contributed by atoms with Crippen molar-refractivity contribution in [3.63, 3.8) is 0 Å². The Hall–Kier alpha value is -3.16. The van der Waals surface area contributed by atoms with Crippen LogP contribution in [0.1, 0.15) is 23.3 Å². The lowest BCUT2D eigenvalue weighted by atomic mass is 9.95. The van der Waals surface area contributed by atoms with Crippen molar-refractivity contribution in [2.45, 2.75) is 12.8 Å². The summed E-state index contributed by atoms with van der Waals surface area (Å²) in [6.07, 6.45) is 1.34. The van der Waals surface area contributed by atoms with Crippen molar-refractivity contribution in [2.24, 2.45) is 5.92 Å². The summed E-state index contributed by atoms with van der Waals surface area (Å²) >= 11 is 6.05. The molecule has 3 heterocycles. The highest BCUT2D eigenvalue weighted by Gasteiger charge is 2.32. The summed E-state index contributed by atoms with van der Waals surface area (Å²) in [7, 11) is 0. The predicted octanol–water partition coefficient (Wildman–Crippen LogP) is 3.90. The lowest BCUT2D eigenvalue weighted by molar-refractivity contribution is -0.141. The Labute approximate surface area is 203 Å². The van der Waals surface area contributed by atoms with Crippen LogP contribution in [0.4, 0.5) is 0 Å². The number of ether oxygens (including phenoxy) is 1. The van der Waals surface area contributed by atoms with Gasteiger partial charge in [0.1, 0.15) is 5.69 Å². The molecule has 5 rings (SSSR count). The number of carbonyl (C=O) groups is 2. The van der Waals surface area contributed by atoms with Gasteiger partial charge in [-0.05, 0) is 43.2 Å². The van der Waals surface area contributed by atoms with Crippen LogP contribution in [0.15, 0.2) is 60.7 Å². The van der Waals surface area contributed by atoms with E-state index in [0.717, 1.165) is 11.3 Å². The molecule has 0 aliphatic carbocycles. The zero-order valence-electron chi connectivity index (χ0n) is 18.9. The molecule has 2 saturated heterocycles. The van der Waals surface area contributed by atoms with E-state index in [1.807, 2.05) is 70.5 Å². The van der Waals surface area contributed by atoms with E-state index >= 15 is 0 Å². The molecular weight excluding hydrogens is 452 g/mol. The van der Waals surface area contributed by atoms with Crippen molar-refractivity contribution in [3.8, 4) is 16.9 Å². The van der Waals surface area contributed by atoms with Gasteiger partial charge in [-0.25, -0.2) is 4.68 Å². The smallest absolute Gasteiger partial charge is 0.272 e. The molecule has 0 spiro atoms. The first-order valence-corrected chi connectivity index (χ1v) is 12.1. The monoisotopic (exact) mass is 478 g/mol. The number of morpholine rings is 1. The Balaban J connectivity index is 1.36. The minimum absolute atomic E-state index is 0.0363. The van der Waals surface area contributed by atoms with E-state index in [-0.39, 0.29) is 17.7 Å². The summed E-state index contributed by atoms with van der Waals surface area (Å²) < 4.78 is 7.07. The first-order chi connectivity index (χ1) is 16.6. The number of benzene rings is 2. The van der Waals surface area contributed by atoms with Crippen LogP contribution in [0.2, 0.25) is 5.02 Å². The fourth-order valence-corrected chi connectivity index (χ4v) is 4.72. The fourth-order valence-electron chi connectivity index (χ4n) is 4.59. The number of likely N-dealkylation sites (tertiary alicyclic amines) is 1. The zero-order chi connectivity index (χ0) is 23.5. The normalized spacial score (nSPS) is 17.1. The summed E-state index contributed by atoms with van der Waals surface area (Å²) in [5, 5.41) is 5.40. The second-order valence-corrected chi connectivity index (χ2v) is 9.11. The molecule has 0 atom stereocenters. The van der Waals surface area contributed by atoms with Crippen LogP contribution >= 0.6 is 11.6 Å². The van der Waals surface area contributed by atoms with Crippen LogP contribution in [-0.2, 0) is 9.53 Å². The summed E-state index contributed by atoms with van der Waals surface area (Å²) in [6.45, 7) is 3.61. The Morgan fingerprint density at radius 2 is 1.56 bits per heavy atom. The van der Waals surface area contributed by atoms with E-state index in [9.17, 15) is 9.59 Å². The highest BCUT2D eigenvalue weighted by molar-refractivity contribution is 6.30. The van der Waals surface area contributed by atoms with E-state index in [1.54, 1.807) is 4.68 Å². The van der Waals surface area contributed by atoms with Gasteiger partial charge in [0.15, 0.2) is 0 Å². The number of halogens is 1. The van der Waals surface area contributed by atoms with Crippen molar-refractivity contribution in [3.05, 3.63) is 71.4 Å². The SMILES string of the molecule is O=C(c1cc(-c2ccc(Cl)cc2)nn1-c1ccccc1)N1CCC(C(=O)N2CCOCC2)CC1. The number of amides is 2. The first kappa shape index (κ1) is 22.6. The summed E-state index contributed by atoms with van der Waals surface area (Å²) in [5.41, 5.74) is 2.93. The highest BCUT2D eigenvalue weighted by atomic mass is 35.5. The van der Waals surface area contributed by atoms with Gasteiger partial charge in [-0.3, -0.25) is 9.59 Å². The van der Waals surface area contributed by atoms with Crippen LogP contribution in [0.25, 0.3) is 16.9 Å². The third-order valence-corrected chi connectivity index (χ3v) is 6.78. The number of piperidine rings is 1. The number of hydrogen-bond donors (Lipinski definition) is 0.